The summed E-state index contributed by atoms with van der Waals surface area (Å²) in [6.07, 6.45) is 4.05. The largest absolute Gasteiger partial charge is 0.486 e. The molecule has 0 unspecified atom stereocenters. The number of pyridine rings is 1. The number of hydrogen-bond acceptors (Lipinski definition) is 4. The highest BCUT2D eigenvalue weighted by molar-refractivity contribution is 5.98. The van der Waals surface area contributed by atoms with Gasteiger partial charge in [-0.25, -0.2) is 0 Å². The Morgan fingerprint density at radius 3 is 2.62 bits per heavy atom. The zero-order valence-corrected chi connectivity index (χ0v) is 8.47. The molecule has 3 rings (SSSR count). The highest BCUT2D eigenvalue weighted by Crippen LogP contribution is 2.34. The molecule has 2 aromatic rings. The Balaban J connectivity index is 2.31. The molecular formula is C12H9NO3. The van der Waals surface area contributed by atoms with Crippen molar-refractivity contribution in [3.8, 4) is 11.5 Å². The summed E-state index contributed by atoms with van der Waals surface area (Å²) < 4.78 is 10.9. The van der Waals surface area contributed by atoms with Crippen molar-refractivity contribution in [3.63, 3.8) is 0 Å². The first-order chi connectivity index (χ1) is 7.88. The average molecular weight is 215 g/mol. The molecule has 4 nitrogen and oxygen atoms in total. The second kappa shape index (κ2) is 3.48. The van der Waals surface area contributed by atoms with Gasteiger partial charge in [-0.15, -0.1) is 0 Å². The van der Waals surface area contributed by atoms with Gasteiger partial charge < -0.3 is 9.47 Å². The van der Waals surface area contributed by atoms with Crippen LogP contribution in [-0.2, 0) is 0 Å². The smallest absolute Gasteiger partial charge is 0.162 e. The fourth-order valence-electron chi connectivity index (χ4n) is 1.82. The second-order valence-corrected chi connectivity index (χ2v) is 3.56. The van der Waals surface area contributed by atoms with Gasteiger partial charge >= 0.3 is 0 Å². The van der Waals surface area contributed by atoms with Crippen LogP contribution in [-0.4, -0.2) is 24.5 Å². The lowest BCUT2D eigenvalue weighted by atomic mass is 10.1. The monoisotopic (exact) mass is 215 g/mol. The van der Waals surface area contributed by atoms with E-state index in [4.69, 9.17) is 9.47 Å². The van der Waals surface area contributed by atoms with Gasteiger partial charge in [-0.3, -0.25) is 9.78 Å². The first kappa shape index (κ1) is 9.15. The number of carbonyl (C=O) groups excluding carboxylic acids is 1. The molecule has 0 bridgehead atoms. The van der Waals surface area contributed by atoms with Crippen LogP contribution in [0.2, 0.25) is 0 Å². The third-order valence-electron chi connectivity index (χ3n) is 2.58. The second-order valence-electron chi connectivity index (χ2n) is 3.56. The standard InChI is InChI=1S/C12H9NO3/c14-7-9-6-13-5-8-3-11-12(4-10(8)9)16-2-1-15-11/h3-7H,1-2H2. The summed E-state index contributed by atoms with van der Waals surface area (Å²) in [4.78, 5) is 14.9. The fraction of sp³-hybridized carbons (Fsp3) is 0.167. The molecule has 16 heavy (non-hydrogen) atoms. The number of carbonyl (C=O) groups is 1. The highest BCUT2D eigenvalue weighted by atomic mass is 16.6. The maximum absolute atomic E-state index is 10.9. The van der Waals surface area contributed by atoms with E-state index in [0.717, 1.165) is 17.1 Å². The van der Waals surface area contributed by atoms with Crippen molar-refractivity contribution in [2.45, 2.75) is 0 Å². The summed E-state index contributed by atoms with van der Waals surface area (Å²) in [5.41, 5.74) is 0.564. The van der Waals surface area contributed by atoms with E-state index in [1.54, 1.807) is 12.4 Å². The number of nitrogens with zero attached hydrogens (tertiary/aromatic N) is 1. The molecule has 1 aliphatic heterocycles. The lowest BCUT2D eigenvalue weighted by Gasteiger charge is -2.18. The molecule has 0 amide bonds. The quantitative estimate of drug-likeness (QED) is 0.681. The fourth-order valence-corrected chi connectivity index (χ4v) is 1.82. The molecule has 1 aliphatic rings. The molecule has 0 atom stereocenters. The van der Waals surface area contributed by atoms with Crippen LogP contribution >= 0.6 is 0 Å². The van der Waals surface area contributed by atoms with Crippen molar-refractivity contribution < 1.29 is 14.3 Å². The zero-order chi connectivity index (χ0) is 11.0. The summed E-state index contributed by atoms with van der Waals surface area (Å²) in [6.45, 7) is 1.10. The van der Waals surface area contributed by atoms with Crippen LogP contribution in [0, 0.1) is 0 Å². The summed E-state index contributed by atoms with van der Waals surface area (Å²) in [5.74, 6) is 1.40. The summed E-state index contributed by atoms with van der Waals surface area (Å²) in [5, 5.41) is 1.73. The average Bonchev–Trinajstić information content (AvgIpc) is 2.35. The lowest BCUT2D eigenvalue weighted by Crippen LogP contribution is -2.15. The van der Waals surface area contributed by atoms with Gasteiger partial charge in [0.2, 0.25) is 0 Å². The minimum Gasteiger partial charge on any atom is -0.486 e. The third kappa shape index (κ3) is 1.31. The molecule has 4 heteroatoms. The SMILES string of the molecule is O=Cc1cncc2cc3c(cc12)OCCO3. The van der Waals surface area contributed by atoms with E-state index >= 15 is 0 Å². The van der Waals surface area contributed by atoms with Gasteiger partial charge in [-0.05, 0) is 17.5 Å². The Hall–Kier alpha value is -2.10. The summed E-state index contributed by atoms with van der Waals surface area (Å²) in [6, 6.07) is 3.68. The number of hydrogen-bond donors (Lipinski definition) is 0. The van der Waals surface area contributed by atoms with Crippen molar-refractivity contribution >= 4 is 17.1 Å². The normalized spacial score (nSPS) is 13.8. The van der Waals surface area contributed by atoms with Gasteiger partial charge in [0.15, 0.2) is 17.8 Å². The van der Waals surface area contributed by atoms with E-state index in [9.17, 15) is 4.79 Å². The Bertz CT molecular complexity index is 565. The predicted molar refractivity (Wildman–Crippen MR) is 58.1 cm³/mol. The van der Waals surface area contributed by atoms with Crippen LogP contribution in [0.3, 0.4) is 0 Å². The van der Waals surface area contributed by atoms with Crippen molar-refractivity contribution in [1.29, 1.82) is 0 Å². The van der Waals surface area contributed by atoms with E-state index in [1.807, 2.05) is 12.1 Å². The number of fused-ring (bicyclic) bond motifs is 2. The van der Waals surface area contributed by atoms with Crippen LogP contribution in [0.1, 0.15) is 10.4 Å². The highest BCUT2D eigenvalue weighted by Gasteiger charge is 2.13. The van der Waals surface area contributed by atoms with E-state index < -0.39 is 0 Å². The molecule has 80 valence electrons. The van der Waals surface area contributed by atoms with Crippen LogP contribution < -0.4 is 9.47 Å². The molecule has 0 saturated heterocycles. The maximum Gasteiger partial charge on any atom is 0.162 e. The van der Waals surface area contributed by atoms with E-state index in [1.165, 1.54) is 0 Å². The number of benzene rings is 1. The van der Waals surface area contributed by atoms with Crippen LogP contribution in [0.4, 0.5) is 0 Å². The molecule has 0 N–H and O–H groups in total. The predicted octanol–water partition coefficient (Wildman–Crippen LogP) is 1.82. The molecule has 0 aliphatic carbocycles. The Kier molecular flexibility index (Phi) is 1.99. The van der Waals surface area contributed by atoms with Gasteiger partial charge in [0, 0.05) is 23.3 Å². The van der Waals surface area contributed by atoms with E-state index in [-0.39, 0.29) is 0 Å². The van der Waals surface area contributed by atoms with Gasteiger partial charge in [0.05, 0.1) is 0 Å². The van der Waals surface area contributed by atoms with Crippen molar-refractivity contribution in [3.05, 3.63) is 30.1 Å². The number of rotatable bonds is 1. The maximum atomic E-state index is 10.9. The van der Waals surface area contributed by atoms with Gasteiger partial charge in [-0.1, -0.05) is 0 Å². The first-order valence-electron chi connectivity index (χ1n) is 5.01. The van der Waals surface area contributed by atoms with Gasteiger partial charge in [-0.2, -0.15) is 0 Å². The topological polar surface area (TPSA) is 48.4 Å². The summed E-state index contributed by atoms with van der Waals surface area (Å²) >= 11 is 0. The third-order valence-corrected chi connectivity index (χ3v) is 2.58. The zero-order valence-electron chi connectivity index (χ0n) is 8.47. The molecule has 0 radical (unpaired) electrons. The molecule has 2 heterocycles. The molecular weight excluding hydrogens is 206 g/mol. The van der Waals surface area contributed by atoms with Crippen LogP contribution in [0.5, 0.6) is 11.5 Å². The van der Waals surface area contributed by atoms with Crippen molar-refractivity contribution in [2.75, 3.05) is 13.2 Å². The minimum absolute atomic E-state index is 0.542. The number of aromatic nitrogens is 1. The Labute approximate surface area is 91.8 Å². The van der Waals surface area contributed by atoms with Crippen molar-refractivity contribution in [2.24, 2.45) is 0 Å². The number of aldehydes is 1. The molecule has 0 fully saturated rings. The summed E-state index contributed by atoms with van der Waals surface area (Å²) in [7, 11) is 0. The lowest BCUT2D eigenvalue weighted by molar-refractivity contribution is 0.112. The molecule has 0 saturated carbocycles. The molecule has 1 aromatic heterocycles. The number of ether oxygens (including phenoxy) is 2. The van der Waals surface area contributed by atoms with Gasteiger partial charge in [0.1, 0.15) is 13.2 Å². The first-order valence-corrected chi connectivity index (χ1v) is 5.01. The minimum atomic E-state index is 0.542. The van der Waals surface area contributed by atoms with Crippen LogP contribution in [0.25, 0.3) is 10.8 Å². The van der Waals surface area contributed by atoms with Gasteiger partial charge in [0.25, 0.3) is 0 Å². The molecule has 0 spiro atoms. The Morgan fingerprint density at radius 2 is 1.88 bits per heavy atom. The van der Waals surface area contributed by atoms with E-state index in [0.29, 0.717) is 30.3 Å². The Morgan fingerprint density at radius 1 is 1.12 bits per heavy atom. The van der Waals surface area contributed by atoms with Crippen molar-refractivity contribution in [1.82, 2.24) is 4.98 Å². The van der Waals surface area contributed by atoms with E-state index in [2.05, 4.69) is 4.98 Å². The molecule has 1 aromatic carbocycles. The van der Waals surface area contributed by atoms with Crippen LogP contribution in [0.15, 0.2) is 24.5 Å².